The van der Waals surface area contributed by atoms with Gasteiger partial charge < -0.3 is 14.2 Å². The molecule has 2 heterocycles. The van der Waals surface area contributed by atoms with E-state index < -0.39 is 17.3 Å². The fourth-order valence-corrected chi connectivity index (χ4v) is 3.17. The summed E-state index contributed by atoms with van der Waals surface area (Å²) in [6, 6.07) is 19.4. The summed E-state index contributed by atoms with van der Waals surface area (Å²) in [7, 11) is 0. The van der Waals surface area contributed by atoms with Crippen LogP contribution in [0.4, 0.5) is 10.1 Å². The number of oxazole rings is 1. The molecule has 0 aliphatic heterocycles. The number of carbonyl (C=O) groups excluding carboxylic acids is 1. The fourth-order valence-electron chi connectivity index (χ4n) is 3.17. The Morgan fingerprint density at radius 3 is 2.57 bits per heavy atom. The maximum Gasteiger partial charge on any atom is 0.349 e. The van der Waals surface area contributed by atoms with E-state index in [1.54, 1.807) is 60.7 Å². The Balaban J connectivity index is 1.47. The minimum Gasteiger partial charge on any atom is -0.436 e. The molecular formula is C23H13FN2O4. The minimum atomic E-state index is -0.726. The second kappa shape index (κ2) is 6.97. The predicted octanol–water partition coefficient (Wildman–Crippen LogP) is 4.99. The number of fused-ring (bicyclic) bond motifs is 2. The van der Waals surface area contributed by atoms with Crippen LogP contribution in [0.3, 0.4) is 0 Å². The lowest BCUT2D eigenvalue weighted by Crippen LogP contribution is -2.20. The van der Waals surface area contributed by atoms with Gasteiger partial charge in [-0.15, -0.1) is 0 Å². The molecule has 5 rings (SSSR count). The first kappa shape index (κ1) is 17.8. The molecule has 3 aromatic carbocycles. The number of benzene rings is 3. The van der Waals surface area contributed by atoms with Gasteiger partial charge in [0, 0.05) is 11.1 Å². The number of amides is 1. The highest BCUT2D eigenvalue weighted by atomic mass is 19.1. The maximum atomic E-state index is 14.0. The molecule has 5 aromatic rings. The Hall–Kier alpha value is -4.26. The first-order valence-electron chi connectivity index (χ1n) is 9.08. The van der Waals surface area contributed by atoms with Crippen LogP contribution in [0.25, 0.3) is 33.5 Å². The van der Waals surface area contributed by atoms with E-state index >= 15 is 0 Å². The van der Waals surface area contributed by atoms with Crippen molar-refractivity contribution in [3.05, 3.63) is 94.6 Å². The van der Waals surface area contributed by atoms with Gasteiger partial charge in [0.15, 0.2) is 5.58 Å². The second-order valence-corrected chi connectivity index (χ2v) is 6.62. The van der Waals surface area contributed by atoms with Crippen molar-refractivity contribution in [2.45, 2.75) is 0 Å². The molecule has 146 valence electrons. The summed E-state index contributed by atoms with van der Waals surface area (Å²) >= 11 is 0. The third kappa shape index (κ3) is 3.12. The van der Waals surface area contributed by atoms with Gasteiger partial charge >= 0.3 is 5.63 Å². The Morgan fingerprint density at radius 1 is 0.900 bits per heavy atom. The Morgan fingerprint density at radius 2 is 1.70 bits per heavy atom. The molecule has 1 N–H and O–H groups in total. The molecule has 0 aliphatic carbocycles. The third-order valence-electron chi connectivity index (χ3n) is 4.64. The van der Waals surface area contributed by atoms with Crippen LogP contribution in [-0.2, 0) is 0 Å². The van der Waals surface area contributed by atoms with Crippen LogP contribution >= 0.6 is 0 Å². The summed E-state index contributed by atoms with van der Waals surface area (Å²) in [6.45, 7) is 0. The summed E-state index contributed by atoms with van der Waals surface area (Å²) in [5, 5.41) is 3.30. The smallest absolute Gasteiger partial charge is 0.349 e. The number of hydrogen-bond acceptors (Lipinski definition) is 5. The molecule has 0 aliphatic rings. The van der Waals surface area contributed by atoms with Gasteiger partial charge in [0.25, 0.3) is 5.91 Å². The van der Waals surface area contributed by atoms with Gasteiger partial charge in [0.2, 0.25) is 5.89 Å². The van der Waals surface area contributed by atoms with Gasteiger partial charge in [-0.3, -0.25) is 4.79 Å². The molecule has 0 radical (unpaired) electrons. The van der Waals surface area contributed by atoms with Crippen LogP contribution in [0.5, 0.6) is 0 Å². The van der Waals surface area contributed by atoms with Crippen molar-refractivity contribution in [1.82, 2.24) is 4.98 Å². The molecular weight excluding hydrogens is 387 g/mol. The summed E-state index contributed by atoms with van der Waals surface area (Å²) in [5.74, 6) is -0.908. The van der Waals surface area contributed by atoms with Gasteiger partial charge in [0.05, 0.1) is 5.56 Å². The molecule has 0 spiro atoms. The van der Waals surface area contributed by atoms with Crippen molar-refractivity contribution in [2.75, 3.05) is 5.32 Å². The summed E-state index contributed by atoms with van der Waals surface area (Å²) in [6.07, 6.45) is 0. The molecule has 6 nitrogen and oxygen atoms in total. The molecule has 30 heavy (non-hydrogen) atoms. The molecule has 0 bridgehead atoms. The quantitative estimate of drug-likeness (QED) is 0.431. The molecule has 7 heteroatoms. The SMILES string of the molecule is O=C(Nc1ccc2oc(-c3ccccc3F)nc2c1)c1cc2ccccc2oc1=O. The lowest BCUT2D eigenvalue weighted by molar-refractivity contribution is 0.102. The number of nitrogens with zero attached hydrogens (tertiary/aromatic N) is 1. The van der Waals surface area contributed by atoms with E-state index in [4.69, 9.17) is 8.83 Å². The van der Waals surface area contributed by atoms with Crippen LogP contribution in [0.1, 0.15) is 10.4 Å². The van der Waals surface area contributed by atoms with Gasteiger partial charge in [-0.05, 0) is 42.5 Å². The van der Waals surface area contributed by atoms with Gasteiger partial charge in [-0.1, -0.05) is 30.3 Å². The Bertz CT molecular complexity index is 1490. The van der Waals surface area contributed by atoms with E-state index in [-0.39, 0.29) is 17.0 Å². The minimum absolute atomic E-state index is 0.110. The molecule has 2 aromatic heterocycles. The van der Waals surface area contributed by atoms with E-state index in [2.05, 4.69) is 10.3 Å². The summed E-state index contributed by atoms with van der Waals surface area (Å²) < 4.78 is 24.8. The zero-order valence-electron chi connectivity index (χ0n) is 15.4. The highest BCUT2D eigenvalue weighted by molar-refractivity contribution is 6.06. The first-order valence-corrected chi connectivity index (χ1v) is 9.08. The average molecular weight is 400 g/mol. The van der Waals surface area contributed by atoms with E-state index in [0.29, 0.717) is 27.8 Å². The Kier molecular flexibility index (Phi) is 4.14. The normalized spacial score (nSPS) is 11.1. The molecule has 0 fully saturated rings. The average Bonchev–Trinajstić information content (AvgIpc) is 3.16. The van der Waals surface area contributed by atoms with Crippen molar-refractivity contribution in [2.24, 2.45) is 0 Å². The zero-order valence-corrected chi connectivity index (χ0v) is 15.4. The van der Waals surface area contributed by atoms with Crippen molar-refractivity contribution in [3.8, 4) is 11.5 Å². The van der Waals surface area contributed by atoms with Crippen LogP contribution in [0.2, 0.25) is 0 Å². The largest absolute Gasteiger partial charge is 0.436 e. The maximum absolute atomic E-state index is 14.0. The van der Waals surface area contributed by atoms with Crippen molar-refractivity contribution >= 4 is 33.7 Å². The highest BCUT2D eigenvalue weighted by Crippen LogP contribution is 2.28. The van der Waals surface area contributed by atoms with Crippen LogP contribution < -0.4 is 10.9 Å². The summed E-state index contributed by atoms with van der Waals surface area (Å²) in [4.78, 5) is 29.1. The van der Waals surface area contributed by atoms with E-state index in [0.717, 1.165) is 0 Å². The number of nitrogens with one attached hydrogen (secondary N) is 1. The number of carbonyl (C=O) groups is 1. The van der Waals surface area contributed by atoms with Crippen molar-refractivity contribution in [1.29, 1.82) is 0 Å². The predicted molar refractivity (Wildman–Crippen MR) is 110 cm³/mol. The number of aromatic nitrogens is 1. The van der Waals surface area contributed by atoms with E-state index in [1.165, 1.54) is 12.1 Å². The molecule has 0 unspecified atom stereocenters. The number of hydrogen-bond donors (Lipinski definition) is 1. The number of para-hydroxylation sites is 1. The van der Waals surface area contributed by atoms with Crippen LogP contribution in [0.15, 0.2) is 86.4 Å². The third-order valence-corrected chi connectivity index (χ3v) is 4.64. The molecule has 0 saturated heterocycles. The topological polar surface area (TPSA) is 85.3 Å². The van der Waals surface area contributed by atoms with E-state index in [9.17, 15) is 14.0 Å². The number of anilines is 1. The molecule has 0 atom stereocenters. The lowest BCUT2D eigenvalue weighted by Gasteiger charge is -2.05. The molecule has 0 saturated carbocycles. The number of halogens is 1. The van der Waals surface area contributed by atoms with Crippen molar-refractivity contribution < 1.29 is 18.0 Å². The van der Waals surface area contributed by atoms with Crippen LogP contribution in [-0.4, -0.2) is 10.9 Å². The van der Waals surface area contributed by atoms with Gasteiger partial charge in [-0.25, -0.2) is 14.2 Å². The lowest BCUT2D eigenvalue weighted by atomic mass is 10.1. The first-order chi connectivity index (χ1) is 14.6. The van der Waals surface area contributed by atoms with E-state index in [1.807, 2.05) is 0 Å². The number of rotatable bonds is 3. The van der Waals surface area contributed by atoms with Crippen LogP contribution in [0, 0.1) is 5.82 Å². The second-order valence-electron chi connectivity index (χ2n) is 6.62. The van der Waals surface area contributed by atoms with Gasteiger partial charge in [0.1, 0.15) is 22.5 Å². The monoisotopic (exact) mass is 400 g/mol. The highest BCUT2D eigenvalue weighted by Gasteiger charge is 2.16. The zero-order chi connectivity index (χ0) is 20.7. The standard InChI is InChI=1S/C23H13FN2O4/c24-17-7-3-2-6-15(17)22-26-18-12-14(9-10-20(18)29-22)25-21(27)16-11-13-5-1-4-8-19(13)30-23(16)28/h1-12H,(H,25,27). The Labute approximate surface area is 168 Å². The fraction of sp³-hybridized carbons (Fsp3) is 0. The van der Waals surface area contributed by atoms with Crippen molar-refractivity contribution in [3.63, 3.8) is 0 Å². The molecule has 1 amide bonds. The summed E-state index contributed by atoms with van der Waals surface area (Å²) in [5.41, 5.74) is 1.11. The van der Waals surface area contributed by atoms with Gasteiger partial charge in [-0.2, -0.15) is 0 Å².